The number of nitrogens with one attached hydrogen (secondary N) is 1. The summed E-state index contributed by atoms with van der Waals surface area (Å²) < 4.78 is 0. The first-order valence-corrected chi connectivity index (χ1v) is 7.89. The molecule has 0 unspecified atom stereocenters. The van der Waals surface area contributed by atoms with Crippen molar-refractivity contribution in [2.24, 2.45) is 11.3 Å². The zero-order chi connectivity index (χ0) is 13.4. The van der Waals surface area contributed by atoms with Crippen LogP contribution in [0.25, 0.3) is 0 Å². The highest BCUT2D eigenvalue weighted by molar-refractivity contribution is 6.17. The van der Waals surface area contributed by atoms with Gasteiger partial charge in [0, 0.05) is 18.8 Å². The van der Waals surface area contributed by atoms with Gasteiger partial charge in [0.2, 0.25) is 5.91 Å². The van der Waals surface area contributed by atoms with Gasteiger partial charge in [0.15, 0.2) is 0 Å². The number of halogens is 1. The molecule has 1 rings (SSSR count). The van der Waals surface area contributed by atoms with Crippen molar-refractivity contribution >= 4 is 17.5 Å². The van der Waals surface area contributed by atoms with Gasteiger partial charge in [-0.15, -0.1) is 11.6 Å². The average molecular weight is 274 g/mol. The van der Waals surface area contributed by atoms with Crippen molar-refractivity contribution in [1.29, 1.82) is 0 Å². The molecule has 2 nitrogen and oxygen atoms in total. The van der Waals surface area contributed by atoms with Crippen molar-refractivity contribution in [3.63, 3.8) is 0 Å². The van der Waals surface area contributed by atoms with E-state index >= 15 is 0 Å². The molecule has 3 heteroatoms. The van der Waals surface area contributed by atoms with E-state index in [2.05, 4.69) is 19.2 Å². The monoisotopic (exact) mass is 273 g/mol. The van der Waals surface area contributed by atoms with Gasteiger partial charge in [-0.25, -0.2) is 0 Å². The van der Waals surface area contributed by atoms with E-state index < -0.39 is 0 Å². The molecule has 0 spiro atoms. The smallest absolute Gasteiger partial charge is 0.220 e. The third-order valence-electron chi connectivity index (χ3n) is 4.01. The molecule has 0 aromatic rings. The molecule has 0 aromatic heterocycles. The quantitative estimate of drug-likeness (QED) is 0.662. The highest BCUT2D eigenvalue weighted by Crippen LogP contribution is 2.28. The van der Waals surface area contributed by atoms with Gasteiger partial charge in [0.1, 0.15) is 0 Å². The van der Waals surface area contributed by atoms with Crippen LogP contribution in [0, 0.1) is 11.3 Å². The standard InChI is InChI=1S/C15H28ClNO/c1-15(2,10-5-11-16)12-17-14(18)9-8-13-6-3-4-7-13/h13H,3-12H2,1-2H3,(H,17,18). The first kappa shape index (κ1) is 15.8. The maximum atomic E-state index is 11.8. The summed E-state index contributed by atoms with van der Waals surface area (Å²) in [6, 6.07) is 0. The number of hydrogen-bond acceptors (Lipinski definition) is 1. The molecule has 1 N–H and O–H groups in total. The number of rotatable bonds is 8. The van der Waals surface area contributed by atoms with Crippen LogP contribution in [-0.2, 0) is 4.79 Å². The van der Waals surface area contributed by atoms with Gasteiger partial charge in [0.05, 0.1) is 0 Å². The molecule has 0 radical (unpaired) electrons. The van der Waals surface area contributed by atoms with Crippen molar-refractivity contribution in [2.45, 2.75) is 65.2 Å². The second kappa shape index (κ2) is 8.04. The maximum absolute atomic E-state index is 11.8. The lowest BCUT2D eigenvalue weighted by atomic mass is 9.88. The minimum Gasteiger partial charge on any atom is -0.356 e. The molecule has 1 aliphatic rings. The Morgan fingerprint density at radius 1 is 1.33 bits per heavy atom. The minimum atomic E-state index is 0.165. The van der Waals surface area contributed by atoms with E-state index in [9.17, 15) is 4.79 Å². The number of amides is 1. The fourth-order valence-corrected chi connectivity index (χ4v) is 2.83. The minimum absolute atomic E-state index is 0.165. The molecule has 1 aliphatic carbocycles. The molecule has 0 saturated heterocycles. The van der Waals surface area contributed by atoms with Crippen molar-refractivity contribution in [3.05, 3.63) is 0 Å². The van der Waals surface area contributed by atoms with E-state index in [4.69, 9.17) is 11.6 Å². The zero-order valence-corrected chi connectivity index (χ0v) is 12.7. The fourth-order valence-electron chi connectivity index (χ4n) is 2.69. The molecule has 1 amide bonds. The second-order valence-corrected chi connectivity index (χ2v) is 6.80. The van der Waals surface area contributed by atoms with Crippen LogP contribution in [-0.4, -0.2) is 18.3 Å². The van der Waals surface area contributed by atoms with Gasteiger partial charge >= 0.3 is 0 Å². The van der Waals surface area contributed by atoms with Crippen LogP contribution in [0.5, 0.6) is 0 Å². The van der Waals surface area contributed by atoms with Gasteiger partial charge < -0.3 is 5.32 Å². The Labute approximate surface area is 117 Å². The summed E-state index contributed by atoms with van der Waals surface area (Å²) in [7, 11) is 0. The highest BCUT2D eigenvalue weighted by Gasteiger charge is 2.19. The van der Waals surface area contributed by atoms with Crippen LogP contribution >= 0.6 is 11.6 Å². The fraction of sp³-hybridized carbons (Fsp3) is 0.933. The molecule has 0 atom stereocenters. The molecule has 0 heterocycles. The van der Waals surface area contributed by atoms with Crippen LogP contribution < -0.4 is 5.32 Å². The predicted molar refractivity (Wildman–Crippen MR) is 77.9 cm³/mol. The van der Waals surface area contributed by atoms with Gasteiger partial charge in [-0.05, 0) is 30.6 Å². The molecule has 1 saturated carbocycles. The molecule has 18 heavy (non-hydrogen) atoms. The van der Waals surface area contributed by atoms with Crippen LogP contribution in [0.1, 0.15) is 65.2 Å². The normalized spacial score (nSPS) is 17.1. The summed E-state index contributed by atoms with van der Waals surface area (Å²) in [6.07, 6.45) is 9.24. The van der Waals surface area contributed by atoms with Crippen molar-refractivity contribution in [1.82, 2.24) is 5.32 Å². The summed E-state index contributed by atoms with van der Waals surface area (Å²) in [5, 5.41) is 3.07. The number of alkyl halides is 1. The van der Waals surface area contributed by atoms with Crippen LogP contribution in [0.2, 0.25) is 0 Å². The predicted octanol–water partition coefficient (Wildman–Crippen LogP) is 4.12. The average Bonchev–Trinajstić information content (AvgIpc) is 2.84. The van der Waals surface area contributed by atoms with Crippen molar-refractivity contribution < 1.29 is 4.79 Å². The topological polar surface area (TPSA) is 29.1 Å². The summed E-state index contributed by atoms with van der Waals surface area (Å²) in [5.74, 6) is 1.74. The van der Waals surface area contributed by atoms with Gasteiger partial charge in [-0.2, -0.15) is 0 Å². The Balaban J connectivity index is 2.11. The van der Waals surface area contributed by atoms with Crippen molar-refractivity contribution in [2.75, 3.05) is 12.4 Å². The molecular weight excluding hydrogens is 246 g/mol. The third kappa shape index (κ3) is 6.63. The lowest BCUT2D eigenvalue weighted by molar-refractivity contribution is -0.121. The summed E-state index contributed by atoms with van der Waals surface area (Å²) in [6.45, 7) is 5.15. The Morgan fingerprint density at radius 3 is 2.61 bits per heavy atom. The van der Waals surface area contributed by atoms with Gasteiger partial charge in [-0.1, -0.05) is 39.5 Å². The van der Waals surface area contributed by atoms with Crippen LogP contribution in [0.15, 0.2) is 0 Å². The molecule has 0 bridgehead atoms. The van der Waals surface area contributed by atoms with E-state index in [1.165, 1.54) is 25.7 Å². The van der Waals surface area contributed by atoms with Crippen molar-refractivity contribution in [3.8, 4) is 0 Å². The largest absolute Gasteiger partial charge is 0.356 e. The summed E-state index contributed by atoms with van der Waals surface area (Å²) in [5.41, 5.74) is 0.165. The Bertz CT molecular complexity index is 247. The molecule has 0 aromatic carbocycles. The van der Waals surface area contributed by atoms with Crippen LogP contribution in [0.3, 0.4) is 0 Å². The molecule has 0 aliphatic heterocycles. The first-order valence-electron chi connectivity index (χ1n) is 7.36. The number of carbonyl (C=O) groups is 1. The Hall–Kier alpha value is -0.240. The second-order valence-electron chi connectivity index (χ2n) is 6.42. The van der Waals surface area contributed by atoms with Gasteiger partial charge in [-0.3, -0.25) is 4.79 Å². The van der Waals surface area contributed by atoms with E-state index in [0.717, 1.165) is 31.7 Å². The zero-order valence-electron chi connectivity index (χ0n) is 11.9. The van der Waals surface area contributed by atoms with E-state index in [1.807, 2.05) is 0 Å². The Morgan fingerprint density at radius 2 is 2.00 bits per heavy atom. The SMILES string of the molecule is CC(C)(CCCCl)CNC(=O)CCC1CCCC1. The lowest BCUT2D eigenvalue weighted by Gasteiger charge is -2.24. The van der Waals surface area contributed by atoms with E-state index in [-0.39, 0.29) is 11.3 Å². The first-order chi connectivity index (χ1) is 8.53. The molecular formula is C15H28ClNO. The van der Waals surface area contributed by atoms with E-state index in [1.54, 1.807) is 0 Å². The van der Waals surface area contributed by atoms with Gasteiger partial charge in [0.25, 0.3) is 0 Å². The molecule has 1 fully saturated rings. The Kier molecular flexibility index (Phi) is 7.06. The number of carbonyl (C=O) groups excluding carboxylic acids is 1. The van der Waals surface area contributed by atoms with E-state index in [0.29, 0.717) is 12.3 Å². The number of hydrogen-bond donors (Lipinski definition) is 1. The summed E-state index contributed by atoms with van der Waals surface area (Å²) in [4.78, 5) is 11.8. The third-order valence-corrected chi connectivity index (χ3v) is 4.27. The summed E-state index contributed by atoms with van der Waals surface area (Å²) >= 11 is 5.71. The maximum Gasteiger partial charge on any atom is 0.220 e. The lowest BCUT2D eigenvalue weighted by Crippen LogP contribution is -2.34. The highest BCUT2D eigenvalue weighted by atomic mass is 35.5. The molecule has 106 valence electrons. The van der Waals surface area contributed by atoms with Crippen LogP contribution in [0.4, 0.5) is 0 Å².